The highest BCUT2D eigenvalue weighted by Gasteiger charge is 2.49. The molecule has 0 radical (unpaired) electrons. The van der Waals surface area contributed by atoms with Crippen LogP contribution < -0.4 is 4.90 Å². The van der Waals surface area contributed by atoms with Crippen molar-refractivity contribution in [1.82, 2.24) is 4.31 Å². The van der Waals surface area contributed by atoms with Crippen LogP contribution in [0.2, 0.25) is 0 Å². The number of halogens is 2. The second-order valence-electron chi connectivity index (χ2n) is 7.31. The molecule has 1 saturated heterocycles. The minimum atomic E-state index is -3.65. The molecule has 1 fully saturated rings. The number of aliphatic hydroxyl groups excluding tert-OH is 1. The van der Waals surface area contributed by atoms with Gasteiger partial charge in [-0.15, -0.1) is 13.2 Å². The molecular weight excluding hydrogens is 463 g/mol. The molecule has 2 unspecified atom stereocenters. The van der Waals surface area contributed by atoms with Gasteiger partial charge in [-0.2, -0.15) is 0 Å². The summed E-state index contributed by atoms with van der Waals surface area (Å²) in [5.41, 5.74) is 2.80. The number of benzene rings is 1. The average Bonchev–Trinajstić information content (AvgIpc) is 3.11. The largest absolute Gasteiger partial charge is 0.505 e. The van der Waals surface area contributed by atoms with Crippen molar-refractivity contribution < 1.29 is 23.1 Å². The van der Waals surface area contributed by atoms with E-state index in [1.54, 1.807) is 4.90 Å². The Balaban J connectivity index is 0.00000132. The molecule has 1 amide bonds. The monoisotopic (exact) mass is 486 g/mol. The Morgan fingerprint density at radius 2 is 2.06 bits per heavy atom. The number of allylic oxidation sites excluding steroid dienone is 2. The number of carbonyl (C=O) groups excluding carboxylic acids is 1. The van der Waals surface area contributed by atoms with Gasteiger partial charge in [0.2, 0.25) is 10.0 Å². The molecule has 168 valence electrons. The van der Waals surface area contributed by atoms with E-state index >= 15 is 0 Å². The second kappa shape index (κ2) is 9.24. The second-order valence-corrected chi connectivity index (χ2v) is 10.3. The third kappa shape index (κ3) is 4.35. The Bertz CT molecular complexity index is 1050. The smallest absolute Gasteiger partial charge is 0.414 e. The van der Waals surface area contributed by atoms with Crippen molar-refractivity contribution in [2.45, 2.75) is 31.9 Å². The van der Waals surface area contributed by atoms with Crippen LogP contribution >= 0.6 is 23.2 Å². The summed E-state index contributed by atoms with van der Waals surface area (Å²) in [6.45, 7) is 8.26. The Morgan fingerprint density at radius 1 is 1.35 bits per heavy atom. The van der Waals surface area contributed by atoms with E-state index in [1.165, 1.54) is 17.3 Å². The highest BCUT2D eigenvalue weighted by molar-refractivity contribution is 7.89. The fraction of sp³-hybridized carbons (Fsp3) is 0.381. The van der Waals surface area contributed by atoms with Crippen LogP contribution in [0.3, 0.4) is 0 Å². The fourth-order valence-corrected chi connectivity index (χ4v) is 6.06. The first kappa shape index (κ1) is 23.7. The Morgan fingerprint density at radius 3 is 2.74 bits per heavy atom. The van der Waals surface area contributed by atoms with Gasteiger partial charge in [0.15, 0.2) is 0 Å². The van der Waals surface area contributed by atoms with Gasteiger partial charge in [-0.05, 0) is 25.0 Å². The maximum atomic E-state index is 12.9. The number of cyclic esters (lactones) is 1. The van der Waals surface area contributed by atoms with Gasteiger partial charge in [-0.25, -0.2) is 17.5 Å². The average molecular weight is 487 g/mol. The van der Waals surface area contributed by atoms with Crippen LogP contribution in [0.25, 0.3) is 0 Å². The number of hydrogen-bond donors (Lipinski definition) is 1. The Hall–Kier alpha value is -2.00. The third-order valence-electron chi connectivity index (χ3n) is 5.63. The van der Waals surface area contributed by atoms with Crippen LogP contribution in [-0.2, 0) is 21.4 Å². The summed E-state index contributed by atoms with van der Waals surface area (Å²) in [6.07, 6.45) is 1.38. The van der Waals surface area contributed by atoms with Gasteiger partial charge in [0, 0.05) is 30.6 Å². The highest BCUT2D eigenvalue weighted by atomic mass is 35.5. The van der Waals surface area contributed by atoms with E-state index in [0.29, 0.717) is 13.0 Å². The molecule has 1 N–H and O–H groups in total. The maximum absolute atomic E-state index is 12.9. The van der Waals surface area contributed by atoms with Gasteiger partial charge in [0.25, 0.3) is 0 Å². The van der Waals surface area contributed by atoms with Crippen LogP contribution in [0.5, 0.6) is 0 Å². The Kier molecular flexibility index (Phi) is 7.05. The molecule has 1 aromatic carbocycles. The number of aliphatic hydroxyl groups is 1. The lowest BCUT2D eigenvalue weighted by molar-refractivity contribution is 0.137. The number of para-hydroxylation sites is 1. The van der Waals surface area contributed by atoms with E-state index in [4.69, 9.17) is 27.9 Å². The van der Waals surface area contributed by atoms with Crippen LogP contribution in [0.4, 0.5) is 10.5 Å². The number of ether oxygens (including phenoxy) is 1. The zero-order valence-corrected chi connectivity index (χ0v) is 19.4. The van der Waals surface area contributed by atoms with Gasteiger partial charge >= 0.3 is 6.09 Å². The summed E-state index contributed by atoms with van der Waals surface area (Å²) in [5, 5.41) is 9.72. The first-order valence-electron chi connectivity index (χ1n) is 9.67. The number of piperidine rings is 1. The number of sulfonamides is 1. The molecule has 0 bridgehead atoms. The molecule has 0 saturated carbocycles. The van der Waals surface area contributed by atoms with Crippen LogP contribution in [0.15, 0.2) is 53.3 Å². The molecule has 3 aliphatic heterocycles. The van der Waals surface area contributed by atoms with Crippen molar-refractivity contribution >= 4 is 45.0 Å². The molecule has 31 heavy (non-hydrogen) atoms. The highest BCUT2D eigenvalue weighted by Crippen LogP contribution is 2.48. The number of hydrogen-bond acceptors (Lipinski definition) is 5. The number of amides is 1. The summed E-state index contributed by atoms with van der Waals surface area (Å²) >= 11 is 11.6. The quantitative estimate of drug-likeness (QED) is 0.381. The van der Waals surface area contributed by atoms with Gasteiger partial charge in [0.1, 0.15) is 12.4 Å². The molecule has 10 heteroatoms. The minimum absolute atomic E-state index is 0.0836. The SMILES string of the molecule is C/C(Cl)=C(O)\C(Cl)=C/CS(=O)(=O)N1CCC2C(C1)c1cccc3c1N2C(=O)OC3.C=C. The molecule has 3 heterocycles. The number of fused-ring (bicyclic) bond motifs is 3. The van der Waals surface area contributed by atoms with Crippen LogP contribution in [0.1, 0.15) is 30.4 Å². The molecule has 1 aromatic rings. The van der Waals surface area contributed by atoms with Crippen molar-refractivity contribution in [2.24, 2.45) is 0 Å². The van der Waals surface area contributed by atoms with Gasteiger partial charge in [0.05, 0.1) is 21.5 Å². The minimum Gasteiger partial charge on any atom is -0.505 e. The summed E-state index contributed by atoms with van der Waals surface area (Å²) in [5.74, 6) is -0.806. The number of carbonyl (C=O) groups is 1. The maximum Gasteiger partial charge on any atom is 0.414 e. The fourth-order valence-electron chi connectivity index (χ4n) is 4.24. The lowest BCUT2D eigenvalue weighted by Gasteiger charge is -2.37. The molecule has 0 aromatic heterocycles. The normalized spacial score (nSPS) is 23.8. The molecule has 4 rings (SSSR count). The van der Waals surface area contributed by atoms with Crippen LogP contribution in [-0.4, -0.2) is 48.8 Å². The predicted octanol–water partition coefficient (Wildman–Crippen LogP) is 4.60. The molecule has 0 spiro atoms. The number of anilines is 1. The summed E-state index contributed by atoms with van der Waals surface area (Å²) < 4.78 is 32.4. The van der Waals surface area contributed by atoms with E-state index in [-0.39, 0.29) is 52.8 Å². The third-order valence-corrected chi connectivity index (χ3v) is 7.85. The van der Waals surface area contributed by atoms with E-state index in [1.807, 2.05) is 18.2 Å². The van der Waals surface area contributed by atoms with Crippen molar-refractivity contribution in [2.75, 3.05) is 23.7 Å². The molecule has 0 aliphatic carbocycles. The lowest BCUT2D eigenvalue weighted by Crippen LogP contribution is -2.50. The molecule has 2 atom stereocenters. The zero-order valence-electron chi connectivity index (χ0n) is 17.1. The van der Waals surface area contributed by atoms with E-state index in [0.717, 1.165) is 16.8 Å². The zero-order chi connectivity index (χ0) is 22.9. The summed E-state index contributed by atoms with van der Waals surface area (Å²) in [6, 6.07) is 5.67. The summed E-state index contributed by atoms with van der Waals surface area (Å²) in [7, 11) is -3.65. The van der Waals surface area contributed by atoms with Crippen LogP contribution in [0, 0.1) is 0 Å². The Labute approximate surface area is 192 Å². The number of rotatable bonds is 4. The van der Waals surface area contributed by atoms with E-state index < -0.39 is 10.0 Å². The first-order valence-corrected chi connectivity index (χ1v) is 12.0. The number of nitrogens with zero attached hydrogens (tertiary/aromatic N) is 2. The van der Waals surface area contributed by atoms with Crippen molar-refractivity contribution in [3.05, 3.63) is 64.4 Å². The predicted molar refractivity (Wildman–Crippen MR) is 122 cm³/mol. The van der Waals surface area contributed by atoms with E-state index in [2.05, 4.69) is 13.2 Å². The molecule has 3 aliphatic rings. The van der Waals surface area contributed by atoms with Gasteiger partial charge in [-0.3, -0.25) is 4.90 Å². The summed E-state index contributed by atoms with van der Waals surface area (Å²) in [4.78, 5) is 14.0. The van der Waals surface area contributed by atoms with Gasteiger partial charge in [-0.1, -0.05) is 41.4 Å². The van der Waals surface area contributed by atoms with Crippen molar-refractivity contribution in [3.8, 4) is 0 Å². The van der Waals surface area contributed by atoms with Crippen molar-refractivity contribution in [3.63, 3.8) is 0 Å². The van der Waals surface area contributed by atoms with Gasteiger partial charge < -0.3 is 9.84 Å². The topological polar surface area (TPSA) is 87.2 Å². The lowest BCUT2D eigenvalue weighted by atomic mass is 9.90. The standard InChI is InChI=1S/C19H20Cl2N2O5S.C2H4/c1-11(20)18(24)15(21)6-8-29(26,27)22-7-5-16-14(9-22)13-4-2-3-12-10-28-19(25)23(16)17(12)13;1-2/h2-4,6,14,16,24H,5,7-10H2,1H3;1-2H2/b15-6+,18-11-;. The first-order chi connectivity index (χ1) is 14.7. The van der Waals surface area contributed by atoms with E-state index in [9.17, 15) is 18.3 Å². The molecule has 7 nitrogen and oxygen atoms in total. The van der Waals surface area contributed by atoms with Crippen molar-refractivity contribution in [1.29, 1.82) is 0 Å². The molecular formula is C21H24Cl2N2O5S.